The summed E-state index contributed by atoms with van der Waals surface area (Å²) >= 11 is 1.01. The topological polar surface area (TPSA) is 230 Å². The Morgan fingerprint density at radius 3 is 2.31 bits per heavy atom. The van der Waals surface area contributed by atoms with Crippen LogP contribution in [0.15, 0.2) is 0 Å². The fraction of sp³-hybridized carbons (Fsp3) is 0.933. The second-order valence-corrected chi connectivity index (χ2v) is 8.02. The van der Waals surface area contributed by atoms with Crippen molar-refractivity contribution in [2.24, 2.45) is 0 Å². The fourth-order valence-electron chi connectivity index (χ4n) is 3.04. The smallest absolute Gasteiger partial charge is 0.321 e. The van der Waals surface area contributed by atoms with Crippen molar-refractivity contribution >= 4 is 17.7 Å². The van der Waals surface area contributed by atoms with E-state index in [4.69, 9.17) is 14.6 Å². The van der Waals surface area contributed by atoms with Crippen molar-refractivity contribution in [3.8, 4) is 0 Å². The van der Waals surface area contributed by atoms with Crippen molar-refractivity contribution in [1.82, 2.24) is 5.32 Å². The number of hydrogen-bond donors (Lipinski definition) is 10. The normalized spacial score (nSPS) is 39.7. The van der Waals surface area contributed by atoms with E-state index < -0.39 is 85.7 Å². The maximum atomic E-state index is 11.0. The summed E-state index contributed by atoms with van der Waals surface area (Å²) in [5, 5.41) is 89.6. The quantitative estimate of drug-likeness (QED) is 0.159. The molecule has 0 bridgehead atoms. The third-order valence-corrected chi connectivity index (χ3v) is 6.11. The molecule has 0 spiro atoms. The van der Waals surface area contributed by atoms with Crippen molar-refractivity contribution in [3.05, 3.63) is 0 Å². The molecule has 2 aliphatic heterocycles. The lowest BCUT2D eigenvalue weighted by Gasteiger charge is -2.42. The molecule has 0 aromatic rings. The number of aliphatic hydroxyl groups is 8. The van der Waals surface area contributed by atoms with Crippen molar-refractivity contribution in [3.63, 3.8) is 0 Å². The number of carboxylic acids is 1. The van der Waals surface area contributed by atoms with Gasteiger partial charge in [0.2, 0.25) is 0 Å². The molecule has 11 atom stereocenters. The predicted octanol–water partition coefficient (Wildman–Crippen LogP) is -5.64. The van der Waals surface area contributed by atoms with Gasteiger partial charge in [0.1, 0.15) is 54.9 Å². The summed E-state index contributed by atoms with van der Waals surface area (Å²) < 4.78 is 10.4. The molecule has 0 aromatic heterocycles. The van der Waals surface area contributed by atoms with Gasteiger partial charge >= 0.3 is 5.97 Å². The molecule has 13 nitrogen and oxygen atoms in total. The van der Waals surface area contributed by atoms with E-state index in [0.717, 1.165) is 11.8 Å². The molecule has 0 saturated carbocycles. The number of hydrogen-bond acceptors (Lipinski definition) is 13. The molecule has 29 heavy (non-hydrogen) atoms. The van der Waals surface area contributed by atoms with E-state index in [0.29, 0.717) is 0 Å². The van der Waals surface area contributed by atoms with Crippen LogP contribution in [0.2, 0.25) is 0 Å². The van der Waals surface area contributed by atoms with Crippen LogP contribution in [-0.2, 0) is 14.3 Å². The molecular weight excluding hydrogens is 418 g/mol. The average Bonchev–Trinajstić information content (AvgIpc) is 3.20. The van der Waals surface area contributed by atoms with Crippen LogP contribution in [0.5, 0.6) is 0 Å². The molecule has 2 rings (SSSR count). The SMILES string of the molecule is O=C(O)[C@@H]1CSC([C@@H](O)[C@@H](O)[C@H](O[C@H]2O[C@@H](CO)[C@@H](O)[C@@H](O)[C@@H]2O)[C@H](O)CO)N1. The molecule has 10 N–H and O–H groups in total. The van der Waals surface area contributed by atoms with Crippen LogP contribution in [0, 0.1) is 0 Å². The maximum Gasteiger partial charge on any atom is 0.321 e. The number of aliphatic hydroxyl groups excluding tert-OH is 8. The number of ether oxygens (including phenoxy) is 2. The van der Waals surface area contributed by atoms with Gasteiger partial charge in [0.05, 0.1) is 18.6 Å². The maximum absolute atomic E-state index is 11.0. The van der Waals surface area contributed by atoms with E-state index in [2.05, 4.69) is 5.32 Å². The second kappa shape index (κ2) is 10.6. The van der Waals surface area contributed by atoms with Crippen LogP contribution in [0.1, 0.15) is 0 Å². The van der Waals surface area contributed by atoms with Gasteiger partial charge in [-0.15, -0.1) is 11.8 Å². The Morgan fingerprint density at radius 1 is 1.14 bits per heavy atom. The van der Waals surface area contributed by atoms with E-state index in [1.165, 1.54) is 0 Å². The molecule has 0 aliphatic carbocycles. The van der Waals surface area contributed by atoms with E-state index >= 15 is 0 Å². The first kappa shape index (κ1) is 24.6. The molecular formula is C15H27NO12S. The highest BCUT2D eigenvalue weighted by Crippen LogP contribution is 2.28. The molecule has 2 heterocycles. The molecule has 1 unspecified atom stereocenters. The second-order valence-electron chi connectivity index (χ2n) is 6.84. The van der Waals surface area contributed by atoms with E-state index in [1.807, 2.05) is 0 Å². The third kappa shape index (κ3) is 5.55. The van der Waals surface area contributed by atoms with Gasteiger partial charge < -0.3 is 55.4 Å². The minimum Gasteiger partial charge on any atom is -0.480 e. The molecule has 2 saturated heterocycles. The van der Waals surface area contributed by atoms with Crippen molar-refractivity contribution in [1.29, 1.82) is 0 Å². The highest BCUT2D eigenvalue weighted by Gasteiger charge is 2.48. The lowest BCUT2D eigenvalue weighted by Crippen LogP contribution is -2.62. The van der Waals surface area contributed by atoms with Gasteiger partial charge in [0.15, 0.2) is 6.29 Å². The summed E-state index contributed by atoms with van der Waals surface area (Å²) in [6.07, 6.45) is -15.3. The van der Waals surface area contributed by atoms with E-state index in [1.54, 1.807) is 0 Å². The van der Waals surface area contributed by atoms with Gasteiger partial charge in [-0.25, -0.2) is 0 Å². The van der Waals surface area contributed by atoms with E-state index in [-0.39, 0.29) is 5.75 Å². The van der Waals surface area contributed by atoms with Gasteiger partial charge in [0.25, 0.3) is 0 Å². The lowest BCUT2D eigenvalue weighted by molar-refractivity contribution is -0.327. The zero-order chi connectivity index (χ0) is 21.9. The number of aliphatic carboxylic acids is 1. The summed E-state index contributed by atoms with van der Waals surface area (Å²) in [5.74, 6) is -1.03. The number of carbonyl (C=O) groups is 1. The monoisotopic (exact) mass is 445 g/mol. The minimum absolute atomic E-state index is 0.116. The van der Waals surface area contributed by atoms with Gasteiger partial charge in [-0.3, -0.25) is 10.1 Å². The molecule has 0 amide bonds. The van der Waals surface area contributed by atoms with Gasteiger partial charge in [-0.1, -0.05) is 0 Å². The summed E-state index contributed by atoms with van der Waals surface area (Å²) in [6, 6.07) is -0.959. The summed E-state index contributed by atoms with van der Waals surface area (Å²) in [4.78, 5) is 11.0. The van der Waals surface area contributed by atoms with Crippen molar-refractivity contribution in [2.45, 2.75) is 66.5 Å². The Hall–Kier alpha value is -0.620. The first-order valence-corrected chi connectivity index (χ1v) is 9.88. The van der Waals surface area contributed by atoms with Crippen LogP contribution >= 0.6 is 11.8 Å². The zero-order valence-corrected chi connectivity index (χ0v) is 15.9. The molecule has 14 heteroatoms. The third-order valence-electron chi connectivity index (χ3n) is 4.81. The minimum atomic E-state index is -1.87. The Balaban J connectivity index is 2.11. The van der Waals surface area contributed by atoms with Gasteiger partial charge in [-0.2, -0.15) is 0 Å². The van der Waals surface area contributed by atoms with Crippen molar-refractivity contribution in [2.75, 3.05) is 19.0 Å². The summed E-state index contributed by atoms with van der Waals surface area (Å²) in [5.41, 5.74) is 0. The first-order chi connectivity index (χ1) is 13.6. The van der Waals surface area contributed by atoms with Crippen LogP contribution in [0.3, 0.4) is 0 Å². The molecule has 2 fully saturated rings. The number of carboxylic acid groups (broad SMARTS) is 1. The Labute approximate surface area is 169 Å². The highest BCUT2D eigenvalue weighted by atomic mass is 32.2. The number of rotatable bonds is 9. The summed E-state index contributed by atoms with van der Waals surface area (Å²) in [6.45, 7) is -1.64. The summed E-state index contributed by atoms with van der Waals surface area (Å²) in [7, 11) is 0. The largest absolute Gasteiger partial charge is 0.480 e. The zero-order valence-electron chi connectivity index (χ0n) is 15.1. The Morgan fingerprint density at radius 2 is 1.79 bits per heavy atom. The van der Waals surface area contributed by atoms with Gasteiger partial charge in [0, 0.05) is 5.75 Å². The van der Waals surface area contributed by atoms with Gasteiger partial charge in [-0.05, 0) is 0 Å². The molecule has 0 radical (unpaired) electrons. The average molecular weight is 445 g/mol. The lowest BCUT2D eigenvalue weighted by atomic mass is 9.98. The molecule has 2 aliphatic rings. The molecule has 170 valence electrons. The highest BCUT2D eigenvalue weighted by molar-refractivity contribution is 8.00. The van der Waals surface area contributed by atoms with Crippen LogP contribution < -0.4 is 5.32 Å². The standard InChI is InChI=1S/C15H27NO12S/c17-1-5(19)12(9(22)10(23)13-16-4(3-29-13)14(25)26)28-15-11(24)8(21)7(20)6(2-18)27-15/h4-13,15-24H,1-3H2,(H,25,26)/t4-,5+,6-,7+,8+,9+,10-,11-,12+,13?,15+/m0/s1. The molecule has 0 aromatic carbocycles. The van der Waals surface area contributed by atoms with Crippen LogP contribution in [0.4, 0.5) is 0 Å². The van der Waals surface area contributed by atoms with Crippen molar-refractivity contribution < 1.29 is 60.2 Å². The van der Waals surface area contributed by atoms with Crippen LogP contribution in [-0.4, -0.2) is 137 Å². The Kier molecular flexibility index (Phi) is 9.02. The number of nitrogens with one attached hydrogen (secondary N) is 1. The number of thioether (sulfide) groups is 1. The van der Waals surface area contributed by atoms with Crippen LogP contribution in [0.25, 0.3) is 0 Å². The fourth-order valence-corrected chi connectivity index (χ4v) is 4.30. The predicted molar refractivity (Wildman–Crippen MR) is 94.6 cm³/mol. The Bertz CT molecular complexity index is 541. The van der Waals surface area contributed by atoms with E-state index in [9.17, 15) is 45.6 Å². The first-order valence-electron chi connectivity index (χ1n) is 8.83.